The molecule has 21 heterocycles. The Bertz CT molecular complexity index is 9220. The van der Waals surface area contributed by atoms with Crippen molar-refractivity contribution in [2.45, 2.75) is 148 Å². The second-order valence-electron chi connectivity index (χ2n) is 42.9. The van der Waals surface area contributed by atoms with Crippen molar-refractivity contribution in [3.05, 3.63) is 198 Å². The molecule has 0 fully saturated rings. The van der Waals surface area contributed by atoms with Crippen LogP contribution in [0.15, 0.2) is 153 Å². The fourth-order valence-electron chi connectivity index (χ4n) is 24.7. The molecule has 0 saturated heterocycles. The van der Waals surface area contributed by atoms with E-state index in [1.807, 2.05) is 119 Å². The Morgan fingerprint density at radius 3 is 1.40 bits per heavy atom. The van der Waals surface area contributed by atoms with Gasteiger partial charge in [0.2, 0.25) is 0 Å². The number of thiophene rings is 15. The first-order valence-electron chi connectivity index (χ1n) is 46.5. The van der Waals surface area contributed by atoms with E-state index in [9.17, 15) is 4.79 Å². The number of hydrogen-bond donors (Lipinski definition) is 0. The number of hydrogen-bond acceptors (Lipinski definition) is 17. The summed E-state index contributed by atoms with van der Waals surface area (Å²) in [6, 6.07) is 44.5. The normalized spacial score (nSPS) is 16.3. The van der Waals surface area contributed by atoms with Gasteiger partial charge < -0.3 is 14.0 Å². The molecule has 0 bridgehead atoms. The predicted octanol–water partition coefficient (Wildman–Crippen LogP) is 39.7. The molecule has 0 saturated carbocycles. The number of benzene rings is 5. The molecule has 4 nitrogen and oxygen atoms in total. The topological polar surface area (TPSA) is 30.2 Å². The molecule has 0 radical (unpaired) electrons. The van der Waals surface area contributed by atoms with Crippen molar-refractivity contribution in [2.75, 3.05) is 19.0 Å². The standard InChI is InChI=1S/C24H22Br2N2S3.C24H21Br2NS3.C20H16Br2Ge2S3.C20H10Br2OS3.C20H16Br2S3Si2/c1-11(2)9-27-15-7-17(25)29-21(15)13-5-6-14-20-24(31-22(14)19(13)27)23-16(8-18(26)30-23)28(20)10-12(3)4;1-23(2)12-9-15(26)29-21(12)22-17(23)10-7-13(27(5)6)16-18(19(10)30-22)24(3,4)11-8-14(25)28-20(11)16;1-23(2)11-7-13(21)25-17(11)9-5-6-10-16-20(27-18(10)15(9)23)19-12(24(16,3)4)8-14(22)26-19;1-20(2)10-6-12(22)25-18(10)19-14(20)8-4-3-7-13(17(8)26-19)15(23)9-5-11(21)24-16(7)9;1-26(2)11-7-13(21)23-15(11)9-5-6-10-16(19(9)26)25-18-17-12(8-14(22)24-17)27(3,4)20(10)18/h5-8,11-12H,9-10H2,1-4H3;7-9H,1-6H3;5-8H,1-4H3;3-6H,1-2H3;5-8H,1-4H3. The Kier molecular flexibility index (Phi) is 23.7. The van der Waals surface area contributed by atoms with E-state index in [-0.39, 0.29) is 22.0 Å². The second kappa shape index (κ2) is 33.9. The van der Waals surface area contributed by atoms with Gasteiger partial charge in [0.15, 0.2) is 5.78 Å². The molecule has 5 aromatic carbocycles. The molecule has 714 valence electrons. The summed E-state index contributed by atoms with van der Waals surface area (Å²) in [5.74, 6) is 11.7. The molecule has 0 unspecified atom stereocenters. The number of nitrogens with zero attached hydrogens (tertiary/aromatic N) is 3. The zero-order chi connectivity index (χ0) is 98.6. The van der Waals surface area contributed by atoms with Crippen LogP contribution < -0.4 is 43.2 Å². The van der Waals surface area contributed by atoms with Gasteiger partial charge in [-0.05, 0) is 270 Å². The Hall–Kier alpha value is -1.71. The number of rotatable bonds is 5. The summed E-state index contributed by atoms with van der Waals surface area (Å²) in [4.78, 5) is 32.9. The van der Waals surface area contributed by atoms with Gasteiger partial charge in [0, 0.05) is 140 Å². The molecular formula is C108H85Br10Ge2N3OS15Si2. The van der Waals surface area contributed by atoms with Crippen molar-refractivity contribution in [1.29, 1.82) is 0 Å². The van der Waals surface area contributed by atoms with Crippen molar-refractivity contribution < 1.29 is 4.79 Å². The van der Waals surface area contributed by atoms with Gasteiger partial charge in [-0.15, -0.1) is 136 Å². The average molecular weight is 2920 g/mol. The zero-order valence-corrected chi connectivity index (χ0v) is 114. The van der Waals surface area contributed by atoms with Crippen LogP contribution >= 0.6 is 329 Å². The molecule has 30 rings (SSSR count). The van der Waals surface area contributed by atoms with Crippen LogP contribution in [0.25, 0.3) is 173 Å². The molecule has 22 aromatic rings. The second-order valence-corrected chi connectivity index (χ2v) is 98.9. The maximum absolute atomic E-state index is 13.1. The van der Waals surface area contributed by atoms with Crippen molar-refractivity contribution in [1.82, 2.24) is 9.13 Å². The van der Waals surface area contributed by atoms with Crippen LogP contribution in [0.4, 0.5) is 5.69 Å². The summed E-state index contributed by atoms with van der Waals surface area (Å²) in [6.45, 7) is 35.7. The van der Waals surface area contributed by atoms with E-state index >= 15 is 0 Å². The van der Waals surface area contributed by atoms with Gasteiger partial charge in [-0.2, -0.15) is 0 Å². The monoisotopic (exact) mass is 2910 g/mol. The maximum atomic E-state index is 13.1. The molecule has 0 atom stereocenters. The summed E-state index contributed by atoms with van der Waals surface area (Å²) in [5, 5.41) is 15.3. The first-order chi connectivity index (χ1) is 66.7. The van der Waals surface area contributed by atoms with E-state index in [1.54, 1.807) is 112 Å². The fourth-order valence-corrected chi connectivity index (χ4v) is 80.8. The third-order valence-corrected chi connectivity index (χ3v) is 78.2. The minimum atomic E-state index is -2.25. The zero-order valence-electron chi connectivity index (χ0n) is 79.7. The van der Waals surface area contributed by atoms with Crippen molar-refractivity contribution in [2.24, 2.45) is 11.8 Å². The van der Waals surface area contributed by atoms with Crippen LogP contribution in [0.5, 0.6) is 0 Å². The van der Waals surface area contributed by atoms with Gasteiger partial charge in [0.1, 0.15) is 16.1 Å². The minimum absolute atomic E-state index is 0.000939. The third kappa shape index (κ3) is 14.1. The molecule has 17 aromatic heterocycles. The van der Waals surface area contributed by atoms with E-state index in [0.29, 0.717) is 11.8 Å². The first kappa shape index (κ1) is 98.7. The molecule has 33 heteroatoms. The van der Waals surface area contributed by atoms with Crippen LogP contribution in [0.1, 0.15) is 119 Å². The number of aromatic nitrogens is 2. The molecule has 0 amide bonds. The van der Waals surface area contributed by atoms with E-state index in [1.165, 1.54) is 191 Å². The number of carbonyl (C=O) groups is 1. The molecule has 0 N–H and O–H groups in total. The third-order valence-electron chi connectivity index (χ3n) is 30.8. The van der Waals surface area contributed by atoms with E-state index < -0.39 is 42.7 Å². The summed E-state index contributed by atoms with van der Waals surface area (Å²) in [7, 11) is 1.08. The van der Waals surface area contributed by atoms with Crippen molar-refractivity contribution in [3.8, 4) is 80.8 Å². The van der Waals surface area contributed by atoms with Crippen LogP contribution in [-0.2, 0) is 29.3 Å². The van der Waals surface area contributed by atoms with E-state index in [4.69, 9.17) is 0 Å². The SMILES string of the molecule is CC(C)Cn1c2cc(Br)sc2c2ccc3c(sc4c5sc(Br)cc5n(CC(C)C)c34)c21.CC1(C)c2cc(Br)sc2-c2sc3c4c(ccc3c21)-c1sc(Br)cc1C4=O.CN(C)c1cc2c3c(sc2c2c1-c1sc(Br)cc1C2(C)C)-c1sc(Br)cc1C3(C)C.C[Si]1(C)c2cc(Br)sc2-c2sc3c4c(ccc3c21)-c1sc(Br)cc1[Si]4(C)C.[CH3][Ge]1([CH3])[c]2cc(Br)sc2-c2sc3[c]4c(ccc3[c]21)-c1sc(Br)c[c]1[Ge]4([CH3])[CH3]. The van der Waals surface area contributed by atoms with E-state index in [0.717, 1.165) is 43.1 Å². The average Bonchev–Trinajstić information content (AvgIpc) is 1.52. The summed E-state index contributed by atoms with van der Waals surface area (Å²) in [5.41, 5.74) is 23.0. The van der Waals surface area contributed by atoms with Crippen LogP contribution in [0.2, 0.25) is 49.2 Å². The Morgan fingerprint density at radius 1 is 0.326 bits per heavy atom. The quantitative estimate of drug-likeness (QED) is 0.161. The van der Waals surface area contributed by atoms with Crippen LogP contribution in [-0.4, -0.2) is 71.7 Å². The summed E-state index contributed by atoms with van der Waals surface area (Å²) in [6.07, 6.45) is 0. The Morgan fingerprint density at radius 2 is 0.766 bits per heavy atom. The Labute approximate surface area is 969 Å². The Balaban J connectivity index is 0.0000000906. The van der Waals surface area contributed by atoms with Crippen LogP contribution in [0, 0.1) is 11.8 Å². The van der Waals surface area contributed by atoms with Crippen molar-refractivity contribution >= 4 is 514 Å². The van der Waals surface area contributed by atoms with Gasteiger partial charge >= 0.3 is 195 Å². The predicted molar refractivity (Wildman–Crippen MR) is 685 cm³/mol. The molecule has 8 aliphatic rings. The fraction of sp³-hybridized carbons (Fsp3) is 0.250. The number of halogens is 10. The van der Waals surface area contributed by atoms with Gasteiger partial charge in [-0.3, -0.25) is 4.79 Å². The molecule has 4 aliphatic carbocycles. The van der Waals surface area contributed by atoms with Gasteiger partial charge in [0.05, 0.1) is 71.2 Å². The first-order valence-corrected chi connectivity index (χ1v) is 85.2. The van der Waals surface area contributed by atoms with Crippen molar-refractivity contribution in [3.63, 3.8) is 0 Å². The van der Waals surface area contributed by atoms with Gasteiger partial charge in [0.25, 0.3) is 0 Å². The number of ketones is 1. The van der Waals surface area contributed by atoms with Crippen LogP contribution in [0.3, 0.4) is 0 Å². The van der Waals surface area contributed by atoms with E-state index in [2.05, 4.69) is 438 Å². The summed E-state index contributed by atoms with van der Waals surface area (Å²) < 4.78 is 35.7. The number of fused-ring (bicyclic) bond motifs is 45. The van der Waals surface area contributed by atoms with Gasteiger partial charge in [-0.1, -0.05) is 132 Å². The van der Waals surface area contributed by atoms with Gasteiger partial charge in [-0.25, -0.2) is 0 Å². The number of anilines is 1. The molecule has 4 aliphatic heterocycles. The number of carbonyl (C=O) groups excluding carboxylic acids is 1. The summed E-state index contributed by atoms with van der Waals surface area (Å²) >= 11 is 61.3. The molecule has 141 heavy (non-hydrogen) atoms. The molecule has 0 spiro atoms. The molecular weight excluding hydrogens is 2840 g/mol.